The zero-order valence-electron chi connectivity index (χ0n) is 11.6. The summed E-state index contributed by atoms with van der Waals surface area (Å²) in [5.41, 5.74) is 9.15. The van der Waals surface area contributed by atoms with Crippen molar-refractivity contribution in [2.45, 2.75) is 18.8 Å². The van der Waals surface area contributed by atoms with E-state index in [2.05, 4.69) is 65.9 Å². The molecular formula is C17H20INO. The molecule has 0 aromatic heterocycles. The number of hydrogen-bond donors (Lipinski definition) is 2. The maximum Gasteiger partial charge on any atom is 0.0543 e. The van der Waals surface area contributed by atoms with Crippen LogP contribution in [0.15, 0.2) is 48.5 Å². The zero-order chi connectivity index (χ0) is 14.6. The lowest BCUT2D eigenvalue weighted by Crippen LogP contribution is -2.41. The first-order chi connectivity index (χ1) is 9.61. The van der Waals surface area contributed by atoms with Crippen LogP contribution >= 0.6 is 22.6 Å². The second-order valence-electron chi connectivity index (χ2n) is 5.26. The molecule has 2 aromatic rings. The molecule has 1 atom stereocenters. The van der Waals surface area contributed by atoms with Crippen LogP contribution in [0.3, 0.4) is 0 Å². The van der Waals surface area contributed by atoms with Crippen LogP contribution < -0.4 is 5.73 Å². The first kappa shape index (κ1) is 15.5. The van der Waals surface area contributed by atoms with Crippen molar-refractivity contribution in [3.63, 3.8) is 0 Å². The molecule has 0 aliphatic rings. The van der Waals surface area contributed by atoms with Gasteiger partial charge in [-0.15, -0.1) is 0 Å². The Hall–Kier alpha value is -0.910. The maximum absolute atomic E-state index is 9.99. The van der Waals surface area contributed by atoms with Crippen LogP contribution in [0.25, 0.3) is 0 Å². The Morgan fingerprint density at radius 1 is 1.10 bits per heavy atom. The summed E-state index contributed by atoms with van der Waals surface area (Å²) in [5.74, 6) is 0. The quantitative estimate of drug-likeness (QED) is 0.783. The number of aryl methyl sites for hydroxylation is 1. The van der Waals surface area contributed by atoms with Gasteiger partial charge < -0.3 is 10.8 Å². The summed E-state index contributed by atoms with van der Waals surface area (Å²) in [6, 6.07) is 16.6. The van der Waals surface area contributed by atoms with Gasteiger partial charge >= 0.3 is 0 Å². The molecule has 0 bridgehead atoms. The average molecular weight is 381 g/mol. The summed E-state index contributed by atoms with van der Waals surface area (Å²) in [6.07, 6.45) is 0.752. The minimum Gasteiger partial charge on any atom is -0.395 e. The standard InChI is InChI=1S/C17H20INO/c1-13-4-2-3-5-16(13)17(11-19,12-20)10-14-6-8-15(18)9-7-14/h2-9,20H,10-12,19H2,1H3. The molecule has 20 heavy (non-hydrogen) atoms. The fourth-order valence-electron chi connectivity index (χ4n) is 2.64. The maximum atomic E-state index is 9.99. The number of benzene rings is 2. The highest BCUT2D eigenvalue weighted by molar-refractivity contribution is 14.1. The monoisotopic (exact) mass is 381 g/mol. The SMILES string of the molecule is Cc1ccccc1C(CN)(CO)Cc1ccc(I)cc1. The van der Waals surface area contributed by atoms with Gasteiger partial charge in [-0.05, 0) is 64.8 Å². The van der Waals surface area contributed by atoms with Crippen molar-refractivity contribution in [3.05, 3.63) is 68.8 Å². The van der Waals surface area contributed by atoms with E-state index in [0.717, 1.165) is 12.0 Å². The van der Waals surface area contributed by atoms with Crippen LogP contribution in [-0.4, -0.2) is 18.3 Å². The molecule has 0 radical (unpaired) electrons. The van der Waals surface area contributed by atoms with Gasteiger partial charge in [0.05, 0.1) is 6.61 Å². The Balaban J connectivity index is 2.39. The largest absolute Gasteiger partial charge is 0.395 e. The van der Waals surface area contributed by atoms with Gasteiger partial charge in [-0.3, -0.25) is 0 Å². The summed E-state index contributed by atoms with van der Waals surface area (Å²) in [4.78, 5) is 0. The van der Waals surface area contributed by atoms with E-state index in [9.17, 15) is 5.11 Å². The van der Waals surface area contributed by atoms with Crippen LogP contribution in [-0.2, 0) is 11.8 Å². The highest BCUT2D eigenvalue weighted by Crippen LogP contribution is 2.30. The Bertz CT molecular complexity index is 561. The summed E-state index contributed by atoms with van der Waals surface area (Å²) in [6.45, 7) is 2.56. The second-order valence-corrected chi connectivity index (χ2v) is 6.51. The number of hydrogen-bond acceptors (Lipinski definition) is 2. The molecule has 0 spiro atoms. The number of nitrogens with two attached hydrogens (primary N) is 1. The molecule has 3 heteroatoms. The van der Waals surface area contributed by atoms with Crippen LogP contribution in [0.2, 0.25) is 0 Å². The third kappa shape index (κ3) is 3.22. The summed E-state index contributed by atoms with van der Waals surface area (Å²) < 4.78 is 1.21. The normalized spacial score (nSPS) is 14.0. The molecule has 2 rings (SSSR count). The first-order valence-electron chi connectivity index (χ1n) is 6.73. The lowest BCUT2D eigenvalue weighted by Gasteiger charge is -2.32. The average Bonchev–Trinajstić information content (AvgIpc) is 2.48. The third-order valence-corrected chi connectivity index (χ3v) is 4.58. The molecule has 2 aromatic carbocycles. The van der Waals surface area contributed by atoms with Gasteiger partial charge in [0.25, 0.3) is 0 Å². The second kappa shape index (κ2) is 6.70. The molecule has 0 amide bonds. The van der Waals surface area contributed by atoms with Crippen molar-refractivity contribution in [3.8, 4) is 0 Å². The molecule has 0 saturated carbocycles. The molecule has 3 N–H and O–H groups in total. The molecular weight excluding hydrogens is 361 g/mol. The lowest BCUT2D eigenvalue weighted by molar-refractivity contribution is 0.195. The van der Waals surface area contributed by atoms with E-state index in [0.29, 0.717) is 6.54 Å². The van der Waals surface area contributed by atoms with Crippen LogP contribution in [0.4, 0.5) is 0 Å². The Kier molecular flexibility index (Phi) is 5.18. The number of rotatable bonds is 5. The van der Waals surface area contributed by atoms with Crippen LogP contribution in [0.5, 0.6) is 0 Å². The van der Waals surface area contributed by atoms with Crippen molar-refractivity contribution in [2.24, 2.45) is 5.73 Å². The molecule has 0 saturated heterocycles. The molecule has 106 valence electrons. The molecule has 0 aliphatic carbocycles. The Morgan fingerprint density at radius 3 is 2.30 bits per heavy atom. The summed E-state index contributed by atoms with van der Waals surface area (Å²) >= 11 is 2.30. The number of aliphatic hydroxyl groups excluding tert-OH is 1. The highest BCUT2D eigenvalue weighted by Gasteiger charge is 2.31. The molecule has 2 nitrogen and oxygen atoms in total. The van der Waals surface area contributed by atoms with E-state index in [1.165, 1.54) is 14.7 Å². The topological polar surface area (TPSA) is 46.2 Å². The molecule has 0 aliphatic heterocycles. The van der Waals surface area contributed by atoms with E-state index in [1.54, 1.807) is 0 Å². The van der Waals surface area contributed by atoms with Gasteiger partial charge in [0.15, 0.2) is 0 Å². The predicted molar refractivity (Wildman–Crippen MR) is 91.9 cm³/mol. The van der Waals surface area contributed by atoms with Crippen molar-refractivity contribution in [1.29, 1.82) is 0 Å². The van der Waals surface area contributed by atoms with Crippen molar-refractivity contribution < 1.29 is 5.11 Å². The fourth-order valence-corrected chi connectivity index (χ4v) is 3.00. The minimum absolute atomic E-state index is 0.0559. The van der Waals surface area contributed by atoms with E-state index >= 15 is 0 Å². The molecule has 0 heterocycles. The van der Waals surface area contributed by atoms with Gasteiger partial charge in [0, 0.05) is 15.5 Å². The van der Waals surface area contributed by atoms with Gasteiger partial charge in [-0.25, -0.2) is 0 Å². The zero-order valence-corrected chi connectivity index (χ0v) is 13.8. The van der Waals surface area contributed by atoms with Crippen LogP contribution in [0.1, 0.15) is 16.7 Å². The molecule has 0 fully saturated rings. The Labute approximate surface area is 134 Å². The first-order valence-corrected chi connectivity index (χ1v) is 7.81. The van der Waals surface area contributed by atoms with Crippen molar-refractivity contribution in [2.75, 3.05) is 13.2 Å². The highest BCUT2D eigenvalue weighted by atomic mass is 127. The summed E-state index contributed by atoms with van der Waals surface area (Å²) in [5, 5.41) is 9.99. The predicted octanol–water partition coefficient (Wildman–Crippen LogP) is 3.03. The Morgan fingerprint density at radius 2 is 1.75 bits per heavy atom. The molecule has 1 unspecified atom stereocenters. The van der Waals surface area contributed by atoms with Gasteiger partial charge in [0.1, 0.15) is 0 Å². The van der Waals surface area contributed by atoms with E-state index in [4.69, 9.17) is 5.73 Å². The van der Waals surface area contributed by atoms with Gasteiger partial charge in [-0.2, -0.15) is 0 Å². The van der Waals surface area contributed by atoms with Gasteiger partial charge in [0.2, 0.25) is 0 Å². The number of aliphatic hydroxyl groups is 1. The van der Waals surface area contributed by atoms with Crippen LogP contribution in [0, 0.1) is 10.5 Å². The third-order valence-electron chi connectivity index (χ3n) is 3.87. The lowest BCUT2D eigenvalue weighted by atomic mass is 9.74. The van der Waals surface area contributed by atoms with E-state index in [-0.39, 0.29) is 6.61 Å². The fraction of sp³-hybridized carbons (Fsp3) is 0.294. The smallest absolute Gasteiger partial charge is 0.0543 e. The van der Waals surface area contributed by atoms with Crippen molar-refractivity contribution >= 4 is 22.6 Å². The van der Waals surface area contributed by atoms with E-state index < -0.39 is 5.41 Å². The van der Waals surface area contributed by atoms with Crippen molar-refractivity contribution in [1.82, 2.24) is 0 Å². The number of halogens is 1. The van der Waals surface area contributed by atoms with E-state index in [1.807, 2.05) is 12.1 Å². The summed E-state index contributed by atoms with van der Waals surface area (Å²) in [7, 11) is 0. The van der Waals surface area contributed by atoms with Gasteiger partial charge in [-0.1, -0.05) is 36.4 Å². The minimum atomic E-state index is -0.405.